The molecule has 2 atom stereocenters. The number of hydrogen-bond acceptors (Lipinski definition) is 3. The summed E-state index contributed by atoms with van der Waals surface area (Å²) in [5.74, 6) is 0.947. The fourth-order valence-corrected chi connectivity index (χ4v) is 3.91. The lowest BCUT2D eigenvalue weighted by Gasteiger charge is -2.15. The zero-order chi connectivity index (χ0) is 18.6. The fourth-order valence-electron chi connectivity index (χ4n) is 3.31. The van der Waals surface area contributed by atoms with Crippen molar-refractivity contribution in [3.63, 3.8) is 0 Å². The summed E-state index contributed by atoms with van der Waals surface area (Å²) in [4.78, 5) is 0. The second-order valence-corrected chi connectivity index (χ2v) is 9.24. The molecule has 0 rings (SSSR count). The van der Waals surface area contributed by atoms with E-state index in [1.54, 1.807) is 0 Å². The molecule has 0 radical (unpaired) electrons. The van der Waals surface area contributed by atoms with Gasteiger partial charge in [-0.2, -0.15) is 0 Å². The summed E-state index contributed by atoms with van der Waals surface area (Å²) in [5, 5.41) is 6.76. The van der Waals surface area contributed by atoms with E-state index in [2.05, 4.69) is 36.0 Å². The van der Waals surface area contributed by atoms with Crippen LogP contribution >= 0.6 is 8.88 Å². The van der Waals surface area contributed by atoms with Crippen molar-refractivity contribution in [3.05, 3.63) is 0 Å². The van der Waals surface area contributed by atoms with E-state index in [9.17, 15) is 0 Å². The van der Waals surface area contributed by atoms with Gasteiger partial charge in [0.05, 0.1) is 0 Å². The zero-order valence-electron chi connectivity index (χ0n) is 17.8. The summed E-state index contributed by atoms with van der Waals surface area (Å²) in [6.07, 6.45) is 18.6. The van der Waals surface area contributed by atoms with Gasteiger partial charge in [-0.1, -0.05) is 90.9 Å². The molecule has 25 heavy (non-hydrogen) atoms. The fraction of sp³-hybridized carbons (Fsp3) is 1.00. The zero-order valence-corrected chi connectivity index (χ0v) is 18.8. The summed E-state index contributed by atoms with van der Waals surface area (Å²) < 4.78 is 2.33. The van der Waals surface area contributed by atoms with Crippen LogP contribution in [0.1, 0.15) is 97.3 Å². The molecule has 0 aromatic rings. The van der Waals surface area contributed by atoms with Crippen molar-refractivity contribution < 1.29 is 0 Å². The van der Waals surface area contributed by atoms with Gasteiger partial charge in [0.25, 0.3) is 0 Å². The Morgan fingerprint density at radius 2 is 1.36 bits per heavy atom. The van der Waals surface area contributed by atoms with E-state index in [4.69, 9.17) is 0 Å². The normalized spacial score (nSPS) is 13.3. The minimum absolute atomic E-state index is 0.741. The van der Waals surface area contributed by atoms with Crippen molar-refractivity contribution in [3.8, 4) is 0 Å². The lowest BCUT2D eigenvalue weighted by Crippen LogP contribution is -2.26. The molecule has 0 saturated carbocycles. The Balaban J connectivity index is 3.17. The van der Waals surface area contributed by atoms with Gasteiger partial charge in [-0.15, -0.1) is 0 Å². The maximum absolute atomic E-state index is 3.56. The van der Waals surface area contributed by atoms with Crippen molar-refractivity contribution in [2.24, 2.45) is 5.92 Å². The maximum atomic E-state index is 3.56. The van der Waals surface area contributed by atoms with Gasteiger partial charge in [0.2, 0.25) is 0 Å². The topological polar surface area (TPSA) is 27.3 Å². The van der Waals surface area contributed by atoms with Crippen molar-refractivity contribution >= 4 is 8.88 Å². The first-order valence-electron chi connectivity index (χ1n) is 11.0. The van der Waals surface area contributed by atoms with E-state index in [0.29, 0.717) is 0 Å². The van der Waals surface area contributed by atoms with Crippen molar-refractivity contribution in [1.29, 1.82) is 0 Å². The molecule has 0 heterocycles. The van der Waals surface area contributed by atoms with Crippen LogP contribution in [-0.4, -0.2) is 38.4 Å². The van der Waals surface area contributed by atoms with Gasteiger partial charge in [-0.05, 0) is 33.0 Å². The Hall–Kier alpha value is 0.310. The molecule has 0 bridgehead atoms. The maximum Gasteiger partial charge on any atom is 0.0207 e. The van der Waals surface area contributed by atoms with Crippen LogP contribution in [0.5, 0.6) is 0 Å². The average molecular weight is 374 g/mol. The molecule has 0 aromatic heterocycles. The molecule has 152 valence electrons. The highest BCUT2D eigenvalue weighted by atomic mass is 31.1. The summed E-state index contributed by atoms with van der Waals surface area (Å²) in [7, 11) is 4.92. The van der Waals surface area contributed by atoms with Gasteiger partial charge in [-0.25, -0.2) is 0 Å². The SMILES string of the molecule is CCCCCCCCC(C)CCCCCCCNCCN(C)PNC. The third-order valence-electron chi connectivity index (χ3n) is 5.03. The molecule has 0 aliphatic carbocycles. The number of nitrogens with zero attached hydrogens (tertiary/aromatic N) is 1. The first kappa shape index (κ1) is 25.3. The van der Waals surface area contributed by atoms with Crippen LogP contribution in [-0.2, 0) is 0 Å². The predicted octanol–water partition coefficient (Wildman–Crippen LogP) is 5.96. The monoisotopic (exact) mass is 373 g/mol. The molecule has 4 heteroatoms. The number of likely N-dealkylation sites (N-methyl/N-ethyl adjacent to an activating group) is 1. The Kier molecular flexibility index (Phi) is 20.9. The third-order valence-corrected chi connectivity index (χ3v) is 5.86. The molecular weight excluding hydrogens is 325 g/mol. The van der Waals surface area contributed by atoms with Crippen molar-refractivity contribution in [2.45, 2.75) is 97.3 Å². The standard InChI is InChI=1S/C21H48N3P/c1-5-6-7-8-10-13-16-21(2)17-14-11-9-12-15-18-23-19-20-24(4)25-22-3/h21-23,25H,5-20H2,1-4H3. The molecule has 0 aliphatic heterocycles. The van der Waals surface area contributed by atoms with Gasteiger partial charge in [0, 0.05) is 22.0 Å². The van der Waals surface area contributed by atoms with Crippen LogP contribution in [0.3, 0.4) is 0 Å². The van der Waals surface area contributed by atoms with Crippen LogP contribution in [0, 0.1) is 5.92 Å². The van der Waals surface area contributed by atoms with Gasteiger partial charge in [0.1, 0.15) is 0 Å². The van der Waals surface area contributed by atoms with Gasteiger partial charge >= 0.3 is 0 Å². The van der Waals surface area contributed by atoms with E-state index < -0.39 is 0 Å². The van der Waals surface area contributed by atoms with Crippen LogP contribution in [0.25, 0.3) is 0 Å². The molecule has 0 aliphatic rings. The average Bonchev–Trinajstić information content (AvgIpc) is 2.59. The summed E-state index contributed by atoms with van der Waals surface area (Å²) in [6, 6.07) is 0. The van der Waals surface area contributed by atoms with Crippen LogP contribution in [0.4, 0.5) is 0 Å². The number of unbranched alkanes of at least 4 members (excludes halogenated alkanes) is 9. The lowest BCUT2D eigenvalue weighted by atomic mass is 9.96. The van der Waals surface area contributed by atoms with E-state index in [1.165, 1.54) is 90.0 Å². The van der Waals surface area contributed by atoms with E-state index >= 15 is 0 Å². The quantitative estimate of drug-likeness (QED) is 0.203. The number of rotatable bonds is 20. The molecule has 3 nitrogen and oxygen atoms in total. The predicted molar refractivity (Wildman–Crippen MR) is 118 cm³/mol. The summed E-state index contributed by atoms with van der Waals surface area (Å²) in [5.41, 5.74) is 0. The second kappa shape index (κ2) is 20.6. The highest BCUT2D eigenvalue weighted by Gasteiger charge is 2.02. The van der Waals surface area contributed by atoms with Crippen molar-refractivity contribution in [1.82, 2.24) is 15.1 Å². The van der Waals surface area contributed by atoms with E-state index in [-0.39, 0.29) is 0 Å². The van der Waals surface area contributed by atoms with Gasteiger partial charge in [-0.3, -0.25) is 9.76 Å². The van der Waals surface area contributed by atoms with E-state index in [0.717, 1.165) is 27.9 Å². The van der Waals surface area contributed by atoms with Crippen LogP contribution in [0.2, 0.25) is 0 Å². The molecule has 0 aromatic carbocycles. The molecule has 0 saturated heterocycles. The van der Waals surface area contributed by atoms with Crippen LogP contribution in [0.15, 0.2) is 0 Å². The Morgan fingerprint density at radius 3 is 1.96 bits per heavy atom. The number of nitrogens with one attached hydrogen (secondary N) is 2. The first-order chi connectivity index (χ1) is 12.2. The first-order valence-corrected chi connectivity index (χ1v) is 12.0. The van der Waals surface area contributed by atoms with Crippen molar-refractivity contribution in [2.75, 3.05) is 33.7 Å². The smallest absolute Gasteiger partial charge is 0.0207 e. The Labute approximate surface area is 161 Å². The largest absolute Gasteiger partial charge is 0.315 e. The highest BCUT2D eigenvalue weighted by Crippen LogP contribution is 2.18. The van der Waals surface area contributed by atoms with E-state index in [1.807, 2.05) is 7.05 Å². The minimum atomic E-state index is 0.741. The van der Waals surface area contributed by atoms with Crippen LogP contribution < -0.4 is 10.4 Å². The van der Waals surface area contributed by atoms with Gasteiger partial charge < -0.3 is 5.32 Å². The molecule has 2 N–H and O–H groups in total. The molecular formula is C21H48N3P. The molecule has 0 spiro atoms. The lowest BCUT2D eigenvalue weighted by molar-refractivity contribution is 0.431. The van der Waals surface area contributed by atoms with Gasteiger partial charge in [0.15, 0.2) is 0 Å². The summed E-state index contributed by atoms with van der Waals surface area (Å²) in [6.45, 7) is 8.19. The molecule has 2 unspecified atom stereocenters. The highest BCUT2D eigenvalue weighted by molar-refractivity contribution is 7.32. The number of hydrogen-bond donors (Lipinski definition) is 2. The Bertz CT molecular complexity index is 251. The molecule has 0 fully saturated rings. The second-order valence-electron chi connectivity index (χ2n) is 7.75. The molecule has 0 amide bonds. The summed E-state index contributed by atoms with van der Waals surface area (Å²) >= 11 is 0. The minimum Gasteiger partial charge on any atom is -0.315 e. The third kappa shape index (κ3) is 20.5. The Morgan fingerprint density at radius 1 is 0.800 bits per heavy atom.